The number of nitrogens with two attached hydrogens (primary N) is 1. The molecule has 0 saturated carbocycles. The predicted octanol–water partition coefficient (Wildman–Crippen LogP) is 2.96. The zero-order valence-electron chi connectivity index (χ0n) is 11.1. The molecule has 0 aliphatic heterocycles. The highest BCUT2D eigenvalue weighted by molar-refractivity contribution is 7.99. The second-order valence-electron chi connectivity index (χ2n) is 4.15. The summed E-state index contributed by atoms with van der Waals surface area (Å²) in [5.41, 5.74) is 6.67. The van der Waals surface area contributed by atoms with Gasteiger partial charge in [-0.25, -0.2) is 0 Å². The summed E-state index contributed by atoms with van der Waals surface area (Å²) in [6.45, 7) is 4.05. The molecule has 0 spiro atoms. The van der Waals surface area contributed by atoms with E-state index in [2.05, 4.69) is 36.1 Å². The van der Waals surface area contributed by atoms with Crippen LogP contribution >= 0.6 is 11.8 Å². The topological polar surface area (TPSA) is 53.1 Å². The van der Waals surface area contributed by atoms with Crippen molar-refractivity contribution in [1.82, 2.24) is 0 Å². The van der Waals surface area contributed by atoms with E-state index in [9.17, 15) is 0 Å². The normalized spacial score (nSPS) is 10.3. The van der Waals surface area contributed by atoms with Gasteiger partial charge in [0.25, 0.3) is 0 Å². The minimum Gasteiger partial charge on any atom is -0.388 e. The van der Waals surface area contributed by atoms with Crippen molar-refractivity contribution in [2.75, 3.05) is 29.5 Å². The van der Waals surface area contributed by atoms with Gasteiger partial charge in [0.05, 0.1) is 5.84 Å². The third kappa shape index (κ3) is 5.96. The lowest BCUT2D eigenvalue weighted by Gasteiger charge is -2.24. The SMILES string of the molecule is CCSCCCN(CCC(=N)N)c1ccccc1. The van der Waals surface area contributed by atoms with E-state index in [1.807, 2.05) is 17.8 Å². The Morgan fingerprint density at radius 2 is 2.00 bits per heavy atom. The highest BCUT2D eigenvalue weighted by Crippen LogP contribution is 2.14. The standard InChI is InChI=1S/C14H23N3S/c1-2-18-12-6-10-17(11-9-14(15)16)13-7-4-3-5-8-13/h3-5,7-8H,2,6,9-12H2,1H3,(H3,15,16). The first kappa shape index (κ1) is 14.9. The fourth-order valence-corrected chi connectivity index (χ4v) is 2.39. The summed E-state index contributed by atoms with van der Waals surface area (Å²) in [6, 6.07) is 10.4. The van der Waals surface area contributed by atoms with Gasteiger partial charge in [0, 0.05) is 25.2 Å². The molecule has 0 aliphatic carbocycles. The number of hydrogen-bond acceptors (Lipinski definition) is 3. The molecule has 0 aliphatic rings. The van der Waals surface area contributed by atoms with Crippen LogP contribution in [-0.2, 0) is 0 Å². The van der Waals surface area contributed by atoms with Crippen molar-refractivity contribution in [2.45, 2.75) is 19.8 Å². The fourth-order valence-electron chi connectivity index (χ4n) is 1.77. The molecule has 1 rings (SSSR count). The maximum absolute atomic E-state index is 7.34. The number of anilines is 1. The lowest BCUT2D eigenvalue weighted by molar-refractivity contribution is 0.775. The van der Waals surface area contributed by atoms with Crippen LogP contribution in [0.1, 0.15) is 19.8 Å². The maximum Gasteiger partial charge on any atom is 0.0923 e. The van der Waals surface area contributed by atoms with Crippen molar-refractivity contribution in [2.24, 2.45) is 5.73 Å². The van der Waals surface area contributed by atoms with Gasteiger partial charge in [-0.3, -0.25) is 5.41 Å². The number of para-hydroxylation sites is 1. The summed E-state index contributed by atoms with van der Waals surface area (Å²) < 4.78 is 0. The Hall–Kier alpha value is -1.16. The van der Waals surface area contributed by atoms with Crippen LogP contribution in [0.15, 0.2) is 30.3 Å². The largest absolute Gasteiger partial charge is 0.388 e. The Kier molecular flexibility index (Phi) is 7.34. The summed E-state index contributed by atoms with van der Waals surface area (Å²) in [7, 11) is 0. The zero-order chi connectivity index (χ0) is 13.2. The molecular weight excluding hydrogens is 242 g/mol. The third-order valence-corrected chi connectivity index (χ3v) is 3.68. The Morgan fingerprint density at radius 1 is 1.28 bits per heavy atom. The Bertz CT molecular complexity index is 340. The first-order valence-corrected chi connectivity index (χ1v) is 7.60. The van der Waals surface area contributed by atoms with Gasteiger partial charge in [-0.15, -0.1) is 0 Å². The molecule has 0 fully saturated rings. The smallest absolute Gasteiger partial charge is 0.0923 e. The van der Waals surface area contributed by atoms with Crippen LogP contribution in [0.5, 0.6) is 0 Å². The predicted molar refractivity (Wildman–Crippen MR) is 82.8 cm³/mol. The van der Waals surface area contributed by atoms with Crippen LogP contribution in [0.4, 0.5) is 5.69 Å². The lowest BCUT2D eigenvalue weighted by Crippen LogP contribution is -2.29. The minimum absolute atomic E-state index is 0.263. The highest BCUT2D eigenvalue weighted by atomic mass is 32.2. The summed E-state index contributed by atoms with van der Waals surface area (Å²) in [5.74, 6) is 2.64. The molecule has 4 heteroatoms. The van der Waals surface area contributed by atoms with Crippen LogP contribution in [0.2, 0.25) is 0 Å². The van der Waals surface area contributed by atoms with E-state index in [4.69, 9.17) is 11.1 Å². The Morgan fingerprint density at radius 3 is 2.61 bits per heavy atom. The molecule has 0 atom stereocenters. The average molecular weight is 265 g/mol. The molecule has 0 amide bonds. The zero-order valence-corrected chi connectivity index (χ0v) is 11.9. The second kappa shape index (κ2) is 8.86. The molecule has 0 heterocycles. The van der Waals surface area contributed by atoms with Crippen LogP contribution in [0.25, 0.3) is 0 Å². The summed E-state index contributed by atoms with van der Waals surface area (Å²) in [6.07, 6.45) is 1.81. The van der Waals surface area contributed by atoms with Gasteiger partial charge in [-0.05, 0) is 30.1 Å². The molecule has 18 heavy (non-hydrogen) atoms. The monoisotopic (exact) mass is 265 g/mol. The van der Waals surface area contributed by atoms with Gasteiger partial charge in [-0.1, -0.05) is 25.1 Å². The van der Waals surface area contributed by atoms with Crippen molar-refractivity contribution in [3.63, 3.8) is 0 Å². The first-order valence-electron chi connectivity index (χ1n) is 6.44. The molecule has 0 unspecified atom stereocenters. The van der Waals surface area contributed by atoms with E-state index in [-0.39, 0.29) is 5.84 Å². The van der Waals surface area contributed by atoms with Gasteiger partial charge in [0.15, 0.2) is 0 Å². The van der Waals surface area contributed by atoms with Gasteiger partial charge < -0.3 is 10.6 Å². The molecule has 0 saturated heterocycles. The quantitative estimate of drug-likeness (QED) is 0.410. The molecular formula is C14H23N3S. The number of benzene rings is 1. The molecule has 0 aromatic heterocycles. The van der Waals surface area contributed by atoms with Crippen LogP contribution in [0, 0.1) is 5.41 Å². The number of nitrogens with zero attached hydrogens (tertiary/aromatic N) is 1. The van der Waals surface area contributed by atoms with Crippen molar-refractivity contribution in [3.8, 4) is 0 Å². The highest BCUT2D eigenvalue weighted by Gasteiger charge is 2.06. The first-order chi connectivity index (χ1) is 8.74. The van der Waals surface area contributed by atoms with Crippen molar-refractivity contribution < 1.29 is 0 Å². The van der Waals surface area contributed by atoms with E-state index >= 15 is 0 Å². The number of rotatable bonds is 9. The van der Waals surface area contributed by atoms with Crippen molar-refractivity contribution in [1.29, 1.82) is 5.41 Å². The summed E-state index contributed by atoms with van der Waals surface area (Å²) in [5, 5.41) is 7.34. The number of amidine groups is 1. The van der Waals surface area contributed by atoms with Crippen LogP contribution in [0.3, 0.4) is 0 Å². The summed E-state index contributed by atoms with van der Waals surface area (Å²) >= 11 is 1.98. The molecule has 3 N–H and O–H groups in total. The molecule has 1 aromatic carbocycles. The van der Waals surface area contributed by atoms with Gasteiger partial charge in [0.2, 0.25) is 0 Å². The molecule has 0 bridgehead atoms. The summed E-state index contributed by atoms with van der Waals surface area (Å²) in [4.78, 5) is 2.32. The fraction of sp³-hybridized carbons (Fsp3) is 0.500. The van der Waals surface area contributed by atoms with E-state index in [0.717, 1.165) is 13.1 Å². The third-order valence-electron chi connectivity index (χ3n) is 2.69. The maximum atomic E-state index is 7.34. The van der Waals surface area contributed by atoms with E-state index < -0.39 is 0 Å². The number of nitrogens with one attached hydrogen (secondary N) is 1. The van der Waals surface area contributed by atoms with E-state index in [1.165, 1.54) is 23.6 Å². The Labute approximate surface area is 114 Å². The number of hydrogen-bond donors (Lipinski definition) is 2. The number of thioether (sulfide) groups is 1. The van der Waals surface area contributed by atoms with Gasteiger partial charge >= 0.3 is 0 Å². The van der Waals surface area contributed by atoms with Crippen LogP contribution < -0.4 is 10.6 Å². The minimum atomic E-state index is 0.263. The second-order valence-corrected chi connectivity index (χ2v) is 5.54. The van der Waals surface area contributed by atoms with Crippen molar-refractivity contribution >= 4 is 23.3 Å². The van der Waals surface area contributed by atoms with E-state index in [1.54, 1.807) is 0 Å². The molecule has 3 nitrogen and oxygen atoms in total. The van der Waals surface area contributed by atoms with Crippen LogP contribution in [-0.4, -0.2) is 30.4 Å². The average Bonchev–Trinajstić information content (AvgIpc) is 2.38. The van der Waals surface area contributed by atoms with Crippen molar-refractivity contribution in [3.05, 3.63) is 30.3 Å². The van der Waals surface area contributed by atoms with Gasteiger partial charge in [-0.2, -0.15) is 11.8 Å². The molecule has 100 valence electrons. The Balaban J connectivity index is 2.49. The molecule has 0 radical (unpaired) electrons. The molecule has 1 aromatic rings. The lowest BCUT2D eigenvalue weighted by atomic mass is 10.2. The van der Waals surface area contributed by atoms with E-state index in [0.29, 0.717) is 6.42 Å². The van der Waals surface area contributed by atoms with Gasteiger partial charge in [0.1, 0.15) is 0 Å².